The first-order valence-corrected chi connectivity index (χ1v) is 13.2. The van der Waals surface area contributed by atoms with Crippen molar-refractivity contribution in [3.63, 3.8) is 0 Å². The second-order valence-corrected chi connectivity index (χ2v) is 11.0. The van der Waals surface area contributed by atoms with E-state index in [4.69, 9.17) is 9.97 Å². The van der Waals surface area contributed by atoms with Crippen molar-refractivity contribution in [2.24, 2.45) is 0 Å². The number of nitrogens with zero attached hydrogens (tertiary/aromatic N) is 3. The molecule has 0 unspecified atom stereocenters. The third-order valence-corrected chi connectivity index (χ3v) is 9.25. The first-order chi connectivity index (χ1) is 13.3. The summed E-state index contributed by atoms with van der Waals surface area (Å²) >= 11 is 0.724. The molecule has 0 fully saturated rings. The van der Waals surface area contributed by atoms with Crippen LogP contribution >= 0.6 is 0 Å². The van der Waals surface area contributed by atoms with Gasteiger partial charge in [-0.2, -0.15) is 0 Å². The van der Waals surface area contributed by atoms with Crippen LogP contribution in [0.2, 0.25) is 0 Å². The summed E-state index contributed by atoms with van der Waals surface area (Å²) in [4.78, 5) is 16.7. The molecule has 0 radical (unpaired) electrons. The van der Waals surface area contributed by atoms with Gasteiger partial charge in [0.15, 0.2) is 0 Å². The average molecular weight is 487 g/mol. The van der Waals surface area contributed by atoms with Crippen molar-refractivity contribution in [1.29, 1.82) is 0 Å². The van der Waals surface area contributed by atoms with Crippen LogP contribution in [0.5, 0.6) is 0 Å². The summed E-state index contributed by atoms with van der Waals surface area (Å²) in [5, 5.41) is 9.90. The summed E-state index contributed by atoms with van der Waals surface area (Å²) in [6.07, 6.45) is 5.04. The molecule has 0 saturated heterocycles. The molecule has 136 valence electrons. The maximum absolute atomic E-state index is 4.99. The second-order valence-electron chi connectivity index (χ2n) is 7.13. The molecule has 0 aliphatic heterocycles. The van der Waals surface area contributed by atoms with Gasteiger partial charge in [0, 0.05) is 0 Å². The number of benzene rings is 1. The van der Waals surface area contributed by atoms with Gasteiger partial charge < -0.3 is 0 Å². The molecule has 5 aromatic heterocycles. The fourth-order valence-electron chi connectivity index (χ4n) is 4.11. The first-order valence-electron chi connectivity index (χ1n) is 9.49. The number of aromatic nitrogens is 5. The van der Waals surface area contributed by atoms with E-state index in [2.05, 4.69) is 43.9 Å². The predicted molar refractivity (Wildman–Crippen MR) is 114 cm³/mol. The second kappa shape index (κ2) is 6.11. The van der Waals surface area contributed by atoms with Crippen molar-refractivity contribution in [2.45, 2.75) is 39.2 Å². The third-order valence-electron chi connectivity index (χ3n) is 5.38. The van der Waals surface area contributed by atoms with Crippen molar-refractivity contribution in [3.8, 4) is 0 Å². The molecule has 0 saturated carbocycles. The van der Waals surface area contributed by atoms with Crippen LogP contribution in [0.1, 0.15) is 32.6 Å². The normalized spacial score (nSPS) is 12.6. The number of rotatable bonds is 5. The van der Waals surface area contributed by atoms with Gasteiger partial charge in [0.1, 0.15) is 0 Å². The number of aromatic amines is 2. The van der Waals surface area contributed by atoms with E-state index in [0.29, 0.717) is 29.0 Å². The van der Waals surface area contributed by atoms with E-state index in [9.17, 15) is 0 Å². The molecule has 0 atom stereocenters. The molecule has 7 heteroatoms. The monoisotopic (exact) mass is 489 g/mol. The Morgan fingerprint density at radius 3 is 2.00 bits per heavy atom. The van der Waals surface area contributed by atoms with Crippen LogP contribution in [0.25, 0.3) is 52.4 Å². The van der Waals surface area contributed by atoms with E-state index in [0.717, 1.165) is 28.6 Å². The van der Waals surface area contributed by atoms with Crippen molar-refractivity contribution in [1.82, 2.24) is 25.0 Å². The van der Waals surface area contributed by atoms with E-state index in [1.54, 1.807) is 0 Å². The summed E-state index contributed by atoms with van der Waals surface area (Å²) in [5.41, 5.74) is 6.89. The minimum atomic E-state index is 0.362. The quantitative estimate of drug-likeness (QED) is 0.280. The molecular formula is C20H19N5Se2. The van der Waals surface area contributed by atoms with Gasteiger partial charge in [0.25, 0.3) is 0 Å². The van der Waals surface area contributed by atoms with Gasteiger partial charge in [-0.15, -0.1) is 0 Å². The van der Waals surface area contributed by atoms with Gasteiger partial charge >= 0.3 is 168 Å². The van der Waals surface area contributed by atoms with E-state index < -0.39 is 0 Å². The molecule has 0 aliphatic rings. The molecule has 5 nitrogen and oxygen atoms in total. The molecule has 0 spiro atoms. The number of fused-ring (bicyclic) bond motifs is 10. The molecule has 0 bridgehead atoms. The van der Waals surface area contributed by atoms with Crippen molar-refractivity contribution >= 4 is 81.4 Å². The first kappa shape index (κ1) is 16.2. The molecule has 27 heavy (non-hydrogen) atoms. The Hall–Kier alpha value is -1.78. The van der Waals surface area contributed by atoms with Gasteiger partial charge in [-0.1, -0.05) is 0 Å². The Balaban J connectivity index is 1.68. The maximum atomic E-state index is 4.99. The van der Waals surface area contributed by atoms with Crippen LogP contribution in [-0.4, -0.2) is 54.0 Å². The fraction of sp³-hybridized carbons (Fsp3) is 0.300. The molecule has 0 aliphatic carbocycles. The topological polar surface area (TPSA) is 62.3 Å². The van der Waals surface area contributed by atoms with Crippen LogP contribution in [0.3, 0.4) is 0 Å². The summed E-state index contributed by atoms with van der Waals surface area (Å²) in [6.45, 7) is 3.25. The zero-order valence-corrected chi connectivity index (χ0v) is 18.4. The number of unbranched alkanes of at least 4 members (excludes halogenated alkanes) is 3. The van der Waals surface area contributed by atoms with Gasteiger partial charge in [-0.25, -0.2) is 0 Å². The van der Waals surface area contributed by atoms with Crippen LogP contribution in [0.15, 0.2) is 22.0 Å². The van der Waals surface area contributed by atoms with Crippen molar-refractivity contribution < 1.29 is 0 Å². The van der Waals surface area contributed by atoms with Crippen LogP contribution in [0, 0.1) is 0 Å². The van der Waals surface area contributed by atoms with Crippen molar-refractivity contribution in [3.05, 3.63) is 22.0 Å². The summed E-state index contributed by atoms with van der Waals surface area (Å²) in [7, 11) is 0. The summed E-state index contributed by atoms with van der Waals surface area (Å²) < 4.78 is 2.81. The van der Waals surface area contributed by atoms with Crippen LogP contribution in [0.4, 0.5) is 0 Å². The third kappa shape index (κ3) is 2.29. The zero-order valence-electron chi connectivity index (χ0n) is 15.0. The van der Waals surface area contributed by atoms with Gasteiger partial charge in [0.2, 0.25) is 0 Å². The van der Waals surface area contributed by atoms with Gasteiger partial charge in [-0.05, 0) is 0 Å². The van der Waals surface area contributed by atoms with Crippen LogP contribution in [-0.2, 0) is 6.54 Å². The van der Waals surface area contributed by atoms with Crippen LogP contribution < -0.4 is 0 Å². The summed E-state index contributed by atoms with van der Waals surface area (Å²) in [6, 6.07) is 4.36. The Labute approximate surface area is 167 Å². The molecule has 0 amide bonds. The molecule has 6 rings (SSSR count). The van der Waals surface area contributed by atoms with E-state index in [1.165, 1.54) is 56.0 Å². The van der Waals surface area contributed by atoms with Gasteiger partial charge in [-0.3, -0.25) is 0 Å². The number of aryl methyl sites for hydroxylation is 1. The molecule has 2 N–H and O–H groups in total. The Kier molecular flexibility index (Phi) is 3.67. The predicted octanol–water partition coefficient (Wildman–Crippen LogP) is 4.39. The number of nitrogens with one attached hydrogen (secondary N) is 2. The minimum absolute atomic E-state index is 0.362. The van der Waals surface area contributed by atoms with Gasteiger partial charge in [0.05, 0.1) is 0 Å². The van der Waals surface area contributed by atoms with E-state index >= 15 is 0 Å². The van der Waals surface area contributed by atoms with E-state index in [-0.39, 0.29) is 0 Å². The number of hydrogen-bond donors (Lipinski definition) is 2. The number of H-pyrrole nitrogens is 2. The Bertz CT molecular complexity index is 1320. The molecule has 6 aromatic rings. The average Bonchev–Trinajstić information content (AvgIpc) is 3.41. The fourth-order valence-corrected chi connectivity index (χ4v) is 7.82. The van der Waals surface area contributed by atoms with E-state index in [1.807, 2.05) is 0 Å². The Morgan fingerprint density at radius 1 is 0.852 bits per heavy atom. The molecule has 5 heterocycles. The van der Waals surface area contributed by atoms with Crippen molar-refractivity contribution in [2.75, 3.05) is 0 Å². The SMILES string of the molecule is CCCCCCn1[nH]c2c([nH]1)c1c(nc3cc[se]c31)c1nc3cc[se]c3c12. The zero-order chi connectivity index (χ0) is 18.0. The number of hydrogen-bond acceptors (Lipinski definition) is 2. The standard InChI is InChI=1S/C20H19N5Se2/c1-2-3-4-5-8-25-23-17-13-15(21-11-6-9-26-19(11)13)16-14(18(17)24-25)20-12(22-16)7-10-27-20/h6-7,9-10,23-24H,2-5,8H2,1H3. The molecular weight excluding hydrogens is 468 g/mol. The Morgan fingerprint density at radius 2 is 1.44 bits per heavy atom. The molecule has 1 aromatic carbocycles. The summed E-state index contributed by atoms with van der Waals surface area (Å²) in [5.74, 6) is 0.